The molecule has 0 N–H and O–H groups in total. The Morgan fingerprint density at radius 2 is 2.00 bits per heavy atom. The summed E-state index contributed by atoms with van der Waals surface area (Å²) in [6, 6.07) is 7.15. The molecule has 1 aliphatic heterocycles. The van der Waals surface area contributed by atoms with Gasteiger partial charge in [-0.3, -0.25) is 9.59 Å². The molecule has 3 heteroatoms. The number of hydrogen-bond donors (Lipinski definition) is 0. The highest BCUT2D eigenvalue weighted by Crippen LogP contribution is 2.35. The molecule has 0 spiro atoms. The van der Waals surface area contributed by atoms with Crippen molar-refractivity contribution in [2.45, 2.75) is 6.92 Å². The summed E-state index contributed by atoms with van der Waals surface area (Å²) in [5, 5.41) is 0. The molecule has 1 aromatic rings. The van der Waals surface area contributed by atoms with Crippen LogP contribution in [0, 0.1) is 0 Å². The van der Waals surface area contributed by atoms with Gasteiger partial charge < -0.3 is 0 Å². The Balaban J connectivity index is 2.64. The van der Waals surface area contributed by atoms with Gasteiger partial charge in [0.05, 0.1) is 5.69 Å². The van der Waals surface area contributed by atoms with E-state index in [-0.39, 0.29) is 11.8 Å². The van der Waals surface area contributed by atoms with Gasteiger partial charge in [0.2, 0.25) is 5.91 Å². The number of anilines is 1. The van der Waals surface area contributed by atoms with E-state index in [0.29, 0.717) is 11.3 Å². The number of imide groups is 1. The lowest BCUT2D eigenvalue weighted by Crippen LogP contribution is -2.30. The van der Waals surface area contributed by atoms with Gasteiger partial charge in [-0.15, -0.1) is 0 Å². The lowest BCUT2D eigenvalue weighted by molar-refractivity contribution is -0.122. The van der Waals surface area contributed by atoms with Crippen LogP contribution in [0.3, 0.4) is 0 Å². The van der Waals surface area contributed by atoms with Crippen LogP contribution in [0.1, 0.15) is 12.5 Å². The highest BCUT2D eigenvalue weighted by molar-refractivity contribution is 6.39. The predicted octanol–water partition coefficient (Wildman–Crippen LogP) is 1.59. The summed E-state index contributed by atoms with van der Waals surface area (Å²) in [5.41, 5.74) is 1.76. The first kappa shape index (κ1) is 8.69. The highest BCUT2D eigenvalue weighted by Gasteiger charge is 2.32. The third-order valence-corrected chi connectivity index (χ3v) is 2.25. The van der Waals surface area contributed by atoms with E-state index in [2.05, 4.69) is 6.58 Å². The molecule has 0 bridgehead atoms. The Morgan fingerprint density at radius 1 is 1.36 bits per heavy atom. The maximum absolute atomic E-state index is 11.6. The molecular formula is C11H9NO2. The summed E-state index contributed by atoms with van der Waals surface area (Å²) in [7, 11) is 0. The average Bonchev–Trinajstić information content (AvgIpc) is 2.41. The largest absolute Gasteiger partial charge is 0.274 e. The van der Waals surface area contributed by atoms with Crippen molar-refractivity contribution in [2.24, 2.45) is 0 Å². The zero-order valence-electron chi connectivity index (χ0n) is 7.78. The second-order valence-corrected chi connectivity index (χ2v) is 3.16. The van der Waals surface area contributed by atoms with Crippen LogP contribution in [-0.2, 0) is 9.59 Å². The van der Waals surface area contributed by atoms with E-state index < -0.39 is 0 Å². The fourth-order valence-electron chi connectivity index (χ4n) is 1.60. The molecule has 14 heavy (non-hydrogen) atoms. The lowest BCUT2D eigenvalue weighted by Gasteiger charge is -2.11. The second-order valence-electron chi connectivity index (χ2n) is 3.16. The molecule has 1 aliphatic rings. The number of nitrogens with zero attached hydrogens (tertiary/aromatic N) is 1. The molecule has 0 atom stereocenters. The van der Waals surface area contributed by atoms with Gasteiger partial charge in [-0.05, 0) is 6.07 Å². The molecule has 0 fully saturated rings. The van der Waals surface area contributed by atoms with Crippen LogP contribution in [-0.4, -0.2) is 11.8 Å². The number of carbonyl (C=O) groups is 2. The van der Waals surface area contributed by atoms with E-state index in [1.54, 1.807) is 18.2 Å². The van der Waals surface area contributed by atoms with Gasteiger partial charge in [-0.2, -0.15) is 0 Å². The molecule has 0 saturated carbocycles. The molecule has 0 saturated heterocycles. The molecule has 0 radical (unpaired) electrons. The van der Waals surface area contributed by atoms with Gasteiger partial charge in [0.25, 0.3) is 5.91 Å². The smallest absolute Gasteiger partial charge is 0.265 e. The topological polar surface area (TPSA) is 37.4 Å². The molecular weight excluding hydrogens is 178 g/mol. The fraction of sp³-hybridized carbons (Fsp3) is 0.0909. The lowest BCUT2D eigenvalue weighted by atomic mass is 10.1. The summed E-state index contributed by atoms with van der Waals surface area (Å²) in [4.78, 5) is 24.0. The number of carbonyl (C=O) groups excluding carboxylic acids is 2. The van der Waals surface area contributed by atoms with E-state index in [9.17, 15) is 9.59 Å². The molecule has 70 valence electrons. The van der Waals surface area contributed by atoms with Crippen molar-refractivity contribution in [3.8, 4) is 0 Å². The van der Waals surface area contributed by atoms with E-state index in [4.69, 9.17) is 0 Å². The van der Waals surface area contributed by atoms with Crippen molar-refractivity contribution in [2.75, 3.05) is 4.90 Å². The molecule has 0 unspecified atom stereocenters. The van der Waals surface area contributed by atoms with Gasteiger partial charge in [0.1, 0.15) is 0 Å². The zero-order chi connectivity index (χ0) is 10.3. The number of rotatable bonds is 0. The molecule has 2 rings (SSSR count). The Kier molecular flexibility index (Phi) is 1.74. The van der Waals surface area contributed by atoms with Crippen LogP contribution < -0.4 is 4.90 Å². The van der Waals surface area contributed by atoms with Crippen LogP contribution in [0.2, 0.25) is 0 Å². The monoisotopic (exact) mass is 187 g/mol. The van der Waals surface area contributed by atoms with E-state index in [0.717, 1.165) is 10.5 Å². The summed E-state index contributed by atoms with van der Waals surface area (Å²) < 4.78 is 0. The van der Waals surface area contributed by atoms with Crippen LogP contribution >= 0.6 is 0 Å². The molecule has 2 amide bonds. The summed E-state index contributed by atoms with van der Waals surface area (Å²) in [6.45, 7) is 5.03. The first-order chi connectivity index (χ1) is 6.63. The van der Waals surface area contributed by atoms with Crippen molar-refractivity contribution in [1.82, 2.24) is 0 Å². The van der Waals surface area contributed by atoms with E-state index in [1.165, 1.54) is 6.92 Å². The van der Waals surface area contributed by atoms with Crippen molar-refractivity contribution in [3.63, 3.8) is 0 Å². The SMILES string of the molecule is C=C1C(=O)N(C(C)=O)c2ccccc21. The van der Waals surface area contributed by atoms with Crippen LogP contribution in [0.25, 0.3) is 5.57 Å². The quantitative estimate of drug-likeness (QED) is 0.578. The Bertz CT molecular complexity index is 448. The van der Waals surface area contributed by atoms with Gasteiger partial charge in [0, 0.05) is 18.1 Å². The average molecular weight is 187 g/mol. The predicted molar refractivity (Wildman–Crippen MR) is 53.6 cm³/mol. The number of amides is 2. The Morgan fingerprint density at radius 3 is 2.64 bits per heavy atom. The third kappa shape index (κ3) is 0.988. The van der Waals surface area contributed by atoms with Crippen molar-refractivity contribution < 1.29 is 9.59 Å². The van der Waals surface area contributed by atoms with Crippen LogP contribution in [0.15, 0.2) is 30.8 Å². The minimum Gasteiger partial charge on any atom is -0.274 e. The molecule has 1 aromatic carbocycles. The molecule has 3 nitrogen and oxygen atoms in total. The number of fused-ring (bicyclic) bond motifs is 1. The maximum atomic E-state index is 11.6. The number of hydrogen-bond acceptors (Lipinski definition) is 2. The molecule has 0 aromatic heterocycles. The minimum atomic E-state index is -0.321. The minimum absolute atomic E-state index is 0.277. The normalized spacial score (nSPS) is 14.5. The summed E-state index contributed by atoms with van der Waals surface area (Å²) in [6.07, 6.45) is 0. The zero-order valence-corrected chi connectivity index (χ0v) is 7.78. The van der Waals surface area contributed by atoms with Gasteiger partial charge in [-0.1, -0.05) is 24.8 Å². The second kappa shape index (κ2) is 2.80. The van der Waals surface area contributed by atoms with Gasteiger partial charge >= 0.3 is 0 Å². The Labute approximate surface area is 81.6 Å². The summed E-state index contributed by atoms with van der Waals surface area (Å²) in [5.74, 6) is -0.597. The van der Waals surface area contributed by atoms with Crippen LogP contribution in [0.4, 0.5) is 5.69 Å². The van der Waals surface area contributed by atoms with E-state index in [1.807, 2.05) is 6.07 Å². The highest BCUT2D eigenvalue weighted by atomic mass is 16.2. The van der Waals surface area contributed by atoms with Crippen molar-refractivity contribution in [1.29, 1.82) is 0 Å². The van der Waals surface area contributed by atoms with Crippen molar-refractivity contribution >= 4 is 23.1 Å². The summed E-state index contributed by atoms with van der Waals surface area (Å²) >= 11 is 0. The third-order valence-electron chi connectivity index (χ3n) is 2.25. The first-order valence-corrected chi connectivity index (χ1v) is 4.26. The Hall–Kier alpha value is -1.90. The van der Waals surface area contributed by atoms with Gasteiger partial charge in [-0.25, -0.2) is 4.90 Å². The molecule has 1 heterocycles. The number of para-hydroxylation sites is 1. The number of benzene rings is 1. The standard InChI is InChI=1S/C11H9NO2/c1-7-9-5-3-4-6-10(9)12(8(2)13)11(7)14/h3-6H,1H2,2H3. The van der Waals surface area contributed by atoms with Crippen molar-refractivity contribution in [3.05, 3.63) is 36.4 Å². The molecule has 0 aliphatic carbocycles. The first-order valence-electron chi connectivity index (χ1n) is 4.26. The maximum Gasteiger partial charge on any atom is 0.265 e. The van der Waals surface area contributed by atoms with E-state index >= 15 is 0 Å². The van der Waals surface area contributed by atoms with Crippen LogP contribution in [0.5, 0.6) is 0 Å². The fourth-order valence-corrected chi connectivity index (χ4v) is 1.60. The van der Waals surface area contributed by atoms with Gasteiger partial charge in [0.15, 0.2) is 0 Å².